The van der Waals surface area contributed by atoms with E-state index in [9.17, 15) is 0 Å². The fraction of sp³-hybridized carbons (Fsp3) is 0.308. The Labute approximate surface area is 200 Å². The van der Waals surface area contributed by atoms with Crippen molar-refractivity contribution in [3.63, 3.8) is 0 Å². The third-order valence-corrected chi connectivity index (χ3v) is 6.10. The number of pyridine rings is 1. The van der Waals surface area contributed by atoms with E-state index < -0.39 is 0 Å². The van der Waals surface area contributed by atoms with Gasteiger partial charge in [-0.05, 0) is 67.0 Å². The van der Waals surface area contributed by atoms with E-state index in [4.69, 9.17) is 9.72 Å². The van der Waals surface area contributed by atoms with E-state index in [0.29, 0.717) is 12.4 Å². The molecule has 6 nitrogen and oxygen atoms in total. The highest BCUT2D eigenvalue weighted by Crippen LogP contribution is 2.32. The van der Waals surface area contributed by atoms with Gasteiger partial charge in [0.05, 0.1) is 0 Å². The van der Waals surface area contributed by atoms with Gasteiger partial charge >= 0.3 is 0 Å². The summed E-state index contributed by atoms with van der Waals surface area (Å²) in [6.45, 7) is 4.76. The molecule has 2 aromatic carbocycles. The smallest absolute Gasteiger partial charge is 0.205 e. The molecule has 33 heavy (non-hydrogen) atoms. The van der Waals surface area contributed by atoms with Crippen LogP contribution in [0.3, 0.4) is 0 Å². The predicted molar refractivity (Wildman–Crippen MR) is 132 cm³/mol. The Balaban J connectivity index is 0.00000259. The molecule has 0 amide bonds. The van der Waals surface area contributed by atoms with Crippen LogP contribution in [0.15, 0.2) is 48.5 Å². The molecular formula is C26H28ClN5O. The van der Waals surface area contributed by atoms with Crippen LogP contribution in [0.5, 0.6) is 5.75 Å². The van der Waals surface area contributed by atoms with Gasteiger partial charge in [-0.1, -0.05) is 48.9 Å². The molecule has 2 aromatic heterocycles. The number of halogens is 1. The van der Waals surface area contributed by atoms with E-state index in [-0.39, 0.29) is 12.4 Å². The Morgan fingerprint density at radius 2 is 1.79 bits per heavy atom. The minimum Gasteiger partial charge on any atom is -0.488 e. The number of H-pyrrole nitrogens is 1. The number of nitrogens with zero attached hydrogens (tertiary/aromatic N) is 4. The number of hydrogen-bond acceptors (Lipinski definition) is 5. The summed E-state index contributed by atoms with van der Waals surface area (Å²) in [4.78, 5) is 4.83. The zero-order valence-electron chi connectivity index (χ0n) is 19.0. The van der Waals surface area contributed by atoms with Crippen molar-refractivity contribution in [1.82, 2.24) is 25.6 Å². The van der Waals surface area contributed by atoms with Gasteiger partial charge in [-0.15, -0.1) is 22.6 Å². The van der Waals surface area contributed by atoms with Crippen LogP contribution in [0.4, 0.5) is 0 Å². The minimum absolute atomic E-state index is 0. The van der Waals surface area contributed by atoms with Crippen molar-refractivity contribution in [2.45, 2.75) is 52.6 Å². The van der Waals surface area contributed by atoms with Crippen molar-refractivity contribution in [2.75, 3.05) is 0 Å². The molecule has 4 aromatic rings. The summed E-state index contributed by atoms with van der Waals surface area (Å²) in [5.41, 5.74) is 9.11. The largest absolute Gasteiger partial charge is 0.488 e. The number of fused-ring (bicyclic) bond motifs is 1. The summed E-state index contributed by atoms with van der Waals surface area (Å²) in [7, 11) is 0. The zero-order chi connectivity index (χ0) is 21.9. The maximum atomic E-state index is 6.30. The second-order valence-electron chi connectivity index (χ2n) is 8.37. The molecule has 0 fully saturated rings. The highest BCUT2D eigenvalue weighted by atomic mass is 35.5. The summed E-state index contributed by atoms with van der Waals surface area (Å²) in [5, 5.41) is 14.6. The molecule has 5 rings (SSSR count). The molecular weight excluding hydrogens is 434 g/mol. The molecule has 0 spiro atoms. The first-order valence-electron chi connectivity index (χ1n) is 11.3. The lowest BCUT2D eigenvalue weighted by molar-refractivity contribution is 0.300. The van der Waals surface area contributed by atoms with Crippen molar-refractivity contribution in [3.05, 3.63) is 76.6 Å². The maximum Gasteiger partial charge on any atom is 0.205 e. The van der Waals surface area contributed by atoms with Gasteiger partial charge in [0.2, 0.25) is 5.82 Å². The Kier molecular flexibility index (Phi) is 7.04. The van der Waals surface area contributed by atoms with Crippen LogP contribution in [0.1, 0.15) is 47.8 Å². The summed E-state index contributed by atoms with van der Waals surface area (Å²) in [5.74, 6) is 1.61. The molecule has 7 heteroatoms. The zero-order valence-corrected chi connectivity index (χ0v) is 19.8. The van der Waals surface area contributed by atoms with E-state index >= 15 is 0 Å². The quantitative estimate of drug-likeness (QED) is 0.399. The fourth-order valence-electron chi connectivity index (χ4n) is 4.34. The second kappa shape index (κ2) is 10.1. The van der Waals surface area contributed by atoms with Crippen LogP contribution in [0.25, 0.3) is 22.5 Å². The molecule has 0 atom stereocenters. The normalized spacial score (nSPS) is 12.7. The van der Waals surface area contributed by atoms with Crippen molar-refractivity contribution in [3.8, 4) is 28.3 Å². The number of nitrogens with one attached hydrogen (secondary N) is 1. The number of aryl methyl sites for hydroxylation is 3. The minimum atomic E-state index is 0. The average Bonchev–Trinajstić information content (AvgIpc) is 3.38. The number of rotatable bonds is 6. The number of aromatic amines is 1. The Morgan fingerprint density at radius 3 is 2.55 bits per heavy atom. The molecule has 2 heterocycles. The van der Waals surface area contributed by atoms with E-state index in [1.807, 2.05) is 0 Å². The van der Waals surface area contributed by atoms with Gasteiger partial charge in [0, 0.05) is 28.6 Å². The van der Waals surface area contributed by atoms with Crippen LogP contribution in [-0.2, 0) is 25.9 Å². The highest BCUT2D eigenvalue weighted by Gasteiger charge is 2.17. The summed E-state index contributed by atoms with van der Waals surface area (Å²) in [6.07, 6.45) is 5.49. The lowest BCUT2D eigenvalue weighted by atomic mass is 9.94. The van der Waals surface area contributed by atoms with Gasteiger partial charge in [0.15, 0.2) is 0 Å². The average molecular weight is 462 g/mol. The van der Waals surface area contributed by atoms with Crippen molar-refractivity contribution in [1.29, 1.82) is 0 Å². The molecule has 0 saturated carbocycles. The first-order chi connectivity index (χ1) is 15.7. The van der Waals surface area contributed by atoms with Crippen molar-refractivity contribution >= 4 is 12.4 Å². The van der Waals surface area contributed by atoms with Gasteiger partial charge in [0.25, 0.3) is 0 Å². The number of ether oxygens (including phenoxy) is 1. The lowest BCUT2D eigenvalue weighted by Crippen LogP contribution is -2.10. The first-order valence-corrected chi connectivity index (χ1v) is 11.3. The maximum absolute atomic E-state index is 6.30. The second-order valence-corrected chi connectivity index (χ2v) is 8.37. The molecule has 0 radical (unpaired) electrons. The number of aromatic nitrogens is 5. The highest BCUT2D eigenvalue weighted by molar-refractivity contribution is 5.85. The monoisotopic (exact) mass is 461 g/mol. The number of benzene rings is 2. The Hall–Kier alpha value is -3.25. The predicted octanol–water partition coefficient (Wildman–Crippen LogP) is 5.68. The van der Waals surface area contributed by atoms with Crippen LogP contribution < -0.4 is 4.74 Å². The van der Waals surface area contributed by atoms with Crippen LogP contribution in [-0.4, -0.2) is 25.6 Å². The summed E-state index contributed by atoms with van der Waals surface area (Å²) < 4.78 is 6.30. The van der Waals surface area contributed by atoms with E-state index in [1.54, 1.807) is 0 Å². The molecule has 1 aliphatic rings. The van der Waals surface area contributed by atoms with Gasteiger partial charge in [0.1, 0.15) is 12.4 Å². The van der Waals surface area contributed by atoms with Gasteiger partial charge < -0.3 is 4.74 Å². The van der Waals surface area contributed by atoms with Gasteiger partial charge in [-0.2, -0.15) is 5.21 Å². The molecule has 0 saturated heterocycles. The van der Waals surface area contributed by atoms with Crippen molar-refractivity contribution < 1.29 is 4.74 Å². The lowest BCUT2D eigenvalue weighted by Gasteiger charge is -2.20. The van der Waals surface area contributed by atoms with E-state index in [2.05, 4.69) is 83.0 Å². The number of tetrazole rings is 1. The SMILES string of the molecule is CCc1cc(OCc2ccc(-c3ccc(C)cc3-c3nn[nH]n3)cc2)c2c(n1)CCCC2.Cl. The molecule has 0 aliphatic heterocycles. The summed E-state index contributed by atoms with van der Waals surface area (Å²) in [6, 6.07) is 17.0. The molecule has 0 bridgehead atoms. The molecule has 1 N–H and O–H groups in total. The standard InChI is InChI=1S/C26H27N5O.ClH/c1-3-20-15-25(22-6-4-5-7-24(22)27-20)32-16-18-9-11-19(12-10-18)21-13-8-17(2)14-23(21)26-28-30-31-29-26;/h8-15H,3-7,16H2,1-2H3,(H,28,29,30,31);1H. The van der Waals surface area contributed by atoms with Crippen LogP contribution in [0, 0.1) is 6.92 Å². The van der Waals surface area contributed by atoms with E-state index in [1.165, 1.54) is 24.1 Å². The third kappa shape index (κ3) is 4.91. The first kappa shape index (κ1) is 22.9. The van der Waals surface area contributed by atoms with Crippen LogP contribution >= 0.6 is 12.4 Å². The van der Waals surface area contributed by atoms with Crippen molar-refractivity contribution in [2.24, 2.45) is 0 Å². The van der Waals surface area contributed by atoms with E-state index in [0.717, 1.165) is 58.5 Å². The van der Waals surface area contributed by atoms with Gasteiger partial charge in [-0.3, -0.25) is 4.98 Å². The van der Waals surface area contributed by atoms with Crippen LogP contribution in [0.2, 0.25) is 0 Å². The Morgan fingerprint density at radius 1 is 0.970 bits per heavy atom. The molecule has 1 aliphatic carbocycles. The number of hydrogen-bond donors (Lipinski definition) is 1. The Bertz CT molecular complexity index is 1220. The summed E-state index contributed by atoms with van der Waals surface area (Å²) >= 11 is 0. The third-order valence-electron chi connectivity index (χ3n) is 6.10. The molecule has 170 valence electrons. The molecule has 0 unspecified atom stereocenters. The topological polar surface area (TPSA) is 76.6 Å². The van der Waals surface area contributed by atoms with Gasteiger partial charge in [-0.25, -0.2) is 0 Å². The fourth-order valence-corrected chi connectivity index (χ4v) is 4.34.